The number of carbonyl (C=O) groups is 2. The molecule has 5 nitrogen and oxygen atoms in total. The molecule has 0 saturated carbocycles. The van der Waals surface area contributed by atoms with E-state index in [0.717, 1.165) is 40.6 Å². The highest BCUT2D eigenvalue weighted by Crippen LogP contribution is 2.33. The Morgan fingerprint density at radius 2 is 1.90 bits per heavy atom. The summed E-state index contributed by atoms with van der Waals surface area (Å²) >= 11 is 3.04. The fourth-order valence-electron chi connectivity index (χ4n) is 4.15. The summed E-state index contributed by atoms with van der Waals surface area (Å²) in [5.74, 6) is 0.406. The second kappa shape index (κ2) is 8.94. The SMILES string of the molecule is Cc1ccc(-c2csc(/C=C3/SCC(=O)N3CC(=O)N3C(C)CCCC3C)n2)cc1. The maximum atomic E-state index is 13.0. The first-order valence-electron chi connectivity index (χ1n) is 10.4. The van der Waals surface area contributed by atoms with Crippen molar-refractivity contribution in [2.75, 3.05) is 12.3 Å². The van der Waals surface area contributed by atoms with Gasteiger partial charge in [-0.15, -0.1) is 11.3 Å². The van der Waals surface area contributed by atoms with E-state index in [-0.39, 0.29) is 30.4 Å². The Morgan fingerprint density at radius 3 is 2.60 bits per heavy atom. The molecular weight excluding hydrogens is 414 g/mol. The highest BCUT2D eigenvalue weighted by atomic mass is 32.2. The average Bonchev–Trinajstić information content (AvgIpc) is 3.31. The van der Waals surface area contributed by atoms with Gasteiger partial charge in [0, 0.05) is 29.1 Å². The van der Waals surface area contributed by atoms with Crippen molar-refractivity contribution < 1.29 is 9.59 Å². The molecule has 0 N–H and O–H groups in total. The summed E-state index contributed by atoms with van der Waals surface area (Å²) in [5, 5.41) is 3.70. The summed E-state index contributed by atoms with van der Waals surface area (Å²) in [6.45, 7) is 6.39. The molecular formula is C23H27N3O2S2. The Balaban J connectivity index is 1.51. The molecule has 0 bridgehead atoms. The number of rotatable bonds is 4. The van der Waals surface area contributed by atoms with E-state index in [9.17, 15) is 9.59 Å². The fraction of sp³-hybridized carbons (Fsp3) is 0.435. The van der Waals surface area contributed by atoms with Gasteiger partial charge in [0.15, 0.2) is 0 Å². The number of thioether (sulfide) groups is 1. The lowest BCUT2D eigenvalue weighted by Crippen LogP contribution is -2.51. The quantitative estimate of drug-likeness (QED) is 0.685. The lowest BCUT2D eigenvalue weighted by molar-refractivity contribution is -0.141. The van der Waals surface area contributed by atoms with Crippen LogP contribution < -0.4 is 0 Å². The Bertz CT molecular complexity index is 957. The second-order valence-corrected chi connectivity index (χ2v) is 10.0. The van der Waals surface area contributed by atoms with Gasteiger partial charge in [-0.05, 0) is 40.0 Å². The minimum Gasteiger partial charge on any atom is -0.336 e. The van der Waals surface area contributed by atoms with E-state index >= 15 is 0 Å². The molecule has 2 fully saturated rings. The summed E-state index contributed by atoms with van der Waals surface area (Å²) in [7, 11) is 0. The van der Waals surface area contributed by atoms with Crippen LogP contribution >= 0.6 is 23.1 Å². The molecule has 2 atom stereocenters. The van der Waals surface area contributed by atoms with Gasteiger partial charge < -0.3 is 4.90 Å². The van der Waals surface area contributed by atoms with Crippen molar-refractivity contribution >= 4 is 41.0 Å². The average molecular weight is 442 g/mol. The van der Waals surface area contributed by atoms with Gasteiger partial charge in [-0.1, -0.05) is 41.6 Å². The fourth-order valence-corrected chi connectivity index (χ4v) is 5.92. The molecule has 4 rings (SSSR count). The maximum absolute atomic E-state index is 13.0. The van der Waals surface area contributed by atoms with Crippen LogP contribution in [0.3, 0.4) is 0 Å². The van der Waals surface area contributed by atoms with Gasteiger partial charge >= 0.3 is 0 Å². The van der Waals surface area contributed by atoms with Crippen LogP contribution in [0.2, 0.25) is 0 Å². The van der Waals surface area contributed by atoms with Gasteiger partial charge in [0.1, 0.15) is 11.6 Å². The number of carbonyl (C=O) groups excluding carboxylic acids is 2. The predicted molar refractivity (Wildman–Crippen MR) is 124 cm³/mol. The van der Waals surface area contributed by atoms with Crippen molar-refractivity contribution in [3.8, 4) is 11.3 Å². The zero-order chi connectivity index (χ0) is 21.3. The molecule has 158 valence electrons. The molecule has 7 heteroatoms. The zero-order valence-electron chi connectivity index (χ0n) is 17.6. The summed E-state index contributed by atoms with van der Waals surface area (Å²) < 4.78 is 0. The van der Waals surface area contributed by atoms with E-state index < -0.39 is 0 Å². The minimum absolute atomic E-state index is 0.00719. The van der Waals surface area contributed by atoms with E-state index in [0.29, 0.717) is 5.75 Å². The highest BCUT2D eigenvalue weighted by molar-refractivity contribution is 8.04. The van der Waals surface area contributed by atoms with E-state index in [2.05, 4.69) is 45.0 Å². The molecule has 0 spiro atoms. The van der Waals surface area contributed by atoms with E-state index in [1.54, 1.807) is 16.2 Å². The molecule has 30 heavy (non-hydrogen) atoms. The molecule has 2 aliphatic rings. The number of hydrogen-bond donors (Lipinski definition) is 0. The van der Waals surface area contributed by atoms with Gasteiger partial charge in [-0.2, -0.15) is 0 Å². The van der Waals surface area contributed by atoms with Crippen molar-refractivity contribution in [2.45, 2.75) is 52.1 Å². The number of piperidine rings is 1. The van der Waals surface area contributed by atoms with Crippen LogP contribution in [0.25, 0.3) is 17.3 Å². The normalized spacial score (nSPS) is 23.4. The number of nitrogens with zero attached hydrogens (tertiary/aromatic N) is 3. The smallest absolute Gasteiger partial charge is 0.243 e. The van der Waals surface area contributed by atoms with Gasteiger partial charge in [0.2, 0.25) is 11.8 Å². The van der Waals surface area contributed by atoms with Crippen molar-refractivity contribution in [3.05, 3.63) is 45.2 Å². The topological polar surface area (TPSA) is 53.5 Å². The third-order valence-electron chi connectivity index (χ3n) is 5.80. The molecule has 2 unspecified atom stereocenters. The monoisotopic (exact) mass is 441 g/mol. The summed E-state index contributed by atoms with van der Waals surface area (Å²) in [6.07, 6.45) is 5.15. The molecule has 3 heterocycles. The Hall–Kier alpha value is -2.12. The number of thiazole rings is 1. The van der Waals surface area contributed by atoms with Crippen molar-refractivity contribution in [3.63, 3.8) is 0 Å². The first-order chi connectivity index (χ1) is 14.4. The van der Waals surface area contributed by atoms with Gasteiger partial charge in [0.05, 0.1) is 16.5 Å². The molecule has 2 saturated heterocycles. The third kappa shape index (κ3) is 4.47. The molecule has 0 radical (unpaired) electrons. The standard InChI is InChI=1S/C23H27N3O2S2/c1-15-7-9-18(10-8-15)19-13-29-20(24-19)11-23-25(22(28)14-30-23)12-21(27)26-16(2)5-4-6-17(26)3/h7-11,13,16-17H,4-6,12,14H2,1-3H3/b23-11+. The Kier molecular flexibility index (Phi) is 6.29. The van der Waals surface area contributed by atoms with Gasteiger partial charge in [-0.3, -0.25) is 14.5 Å². The van der Waals surface area contributed by atoms with Crippen LogP contribution in [0.15, 0.2) is 34.7 Å². The van der Waals surface area contributed by atoms with Gasteiger partial charge in [0.25, 0.3) is 0 Å². The minimum atomic E-state index is -0.00719. The van der Waals surface area contributed by atoms with E-state index in [1.165, 1.54) is 17.3 Å². The van der Waals surface area contributed by atoms with E-state index in [1.807, 2.05) is 16.4 Å². The number of amides is 2. The van der Waals surface area contributed by atoms with Crippen LogP contribution in [0.4, 0.5) is 0 Å². The van der Waals surface area contributed by atoms with Crippen LogP contribution in [-0.4, -0.2) is 51.0 Å². The molecule has 1 aromatic carbocycles. The summed E-state index contributed by atoms with van der Waals surface area (Å²) in [4.78, 5) is 33.8. The van der Waals surface area contributed by atoms with Crippen molar-refractivity contribution in [2.24, 2.45) is 0 Å². The van der Waals surface area contributed by atoms with Crippen molar-refractivity contribution in [1.29, 1.82) is 0 Å². The Labute approximate surface area is 186 Å². The molecule has 0 aliphatic carbocycles. The summed E-state index contributed by atoms with van der Waals surface area (Å²) in [6, 6.07) is 8.76. The van der Waals surface area contributed by atoms with Crippen LogP contribution in [0, 0.1) is 6.92 Å². The number of benzene rings is 1. The van der Waals surface area contributed by atoms with Crippen LogP contribution in [0.1, 0.15) is 43.7 Å². The van der Waals surface area contributed by atoms with Crippen molar-refractivity contribution in [1.82, 2.24) is 14.8 Å². The number of likely N-dealkylation sites (tertiary alicyclic amines) is 1. The third-order valence-corrected chi connectivity index (χ3v) is 7.62. The lowest BCUT2D eigenvalue weighted by atomic mass is 9.97. The maximum Gasteiger partial charge on any atom is 0.243 e. The highest BCUT2D eigenvalue weighted by Gasteiger charge is 2.34. The second-order valence-electron chi connectivity index (χ2n) is 8.12. The number of hydrogen-bond acceptors (Lipinski definition) is 5. The first-order valence-corrected chi connectivity index (χ1v) is 12.3. The zero-order valence-corrected chi connectivity index (χ0v) is 19.3. The Morgan fingerprint density at radius 1 is 1.20 bits per heavy atom. The van der Waals surface area contributed by atoms with Crippen LogP contribution in [0.5, 0.6) is 0 Å². The predicted octanol–water partition coefficient (Wildman–Crippen LogP) is 4.78. The van der Waals surface area contributed by atoms with Gasteiger partial charge in [-0.25, -0.2) is 4.98 Å². The lowest BCUT2D eigenvalue weighted by Gasteiger charge is -2.39. The summed E-state index contributed by atoms with van der Waals surface area (Å²) in [5.41, 5.74) is 3.23. The molecule has 2 aliphatic heterocycles. The molecule has 2 aromatic rings. The van der Waals surface area contributed by atoms with E-state index in [4.69, 9.17) is 4.98 Å². The largest absolute Gasteiger partial charge is 0.336 e. The number of aromatic nitrogens is 1. The first kappa shape index (κ1) is 21.1. The number of aryl methyl sites for hydroxylation is 1. The molecule has 2 amide bonds. The van der Waals surface area contributed by atoms with Crippen LogP contribution in [-0.2, 0) is 9.59 Å². The molecule has 1 aromatic heterocycles.